The van der Waals surface area contributed by atoms with Crippen molar-refractivity contribution in [1.82, 2.24) is 15.1 Å². The van der Waals surface area contributed by atoms with E-state index in [-0.39, 0.29) is 55.3 Å². The lowest BCUT2D eigenvalue weighted by atomic mass is 10.0. The highest BCUT2D eigenvalue weighted by atomic mass is 16.5. The Morgan fingerprint density at radius 3 is 2.53 bits per heavy atom. The molecule has 2 aromatic carbocycles. The summed E-state index contributed by atoms with van der Waals surface area (Å²) in [6.07, 6.45) is -0.112. The number of amides is 4. The Kier molecular flexibility index (Phi) is 10.1. The average molecular weight is 525 g/mol. The molecule has 0 aliphatic carbocycles. The van der Waals surface area contributed by atoms with Crippen molar-refractivity contribution in [3.63, 3.8) is 0 Å². The van der Waals surface area contributed by atoms with Gasteiger partial charge in [0.2, 0.25) is 11.8 Å². The van der Waals surface area contributed by atoms with Gasteiger partial charge in [-0.15, -0.1) is 0 Å². The Balaban J connectivity index is 1.87. The van der Waals surface area contributed by atoms with Gasteiger partial charge in [0.25, 0.3) is 0 Å². The predicted octanol–water partition coefficient (Wildman–Crippen LogP) is 3.07. The molecule has 0 saturated carbocycles. The van der Waals surface area contributed by atoms with Gasteiger partial charge in [0.15, 0.2) is 0 Å². The van der Waals surface area contributed by atoms with Gasteiger partial charge >= 0.3 is 6.03 Å². The number of nitrogens with one attached hydrogen (secondary N) is 2. The first kappa shape index (κ1) is 29.0. The highest BCUT2D eigenvalue weighted by Crippen LogP contribution is 2.29. The van der Waals surface area contributed by atoms with Crippen LogP contribution in [0.15, 0.2) is 48.5 Å². The highest BCUT2D eigenvalue weighted by Gasteiger charge is 2.32. The predicted molar refractivity (Wildman–Crippen MR) is 147 cm³/mol. The third kappa shape index (κ3) is 7.95. The van der Waals surface area contributed by atoms with Gasteiger partial charge in [-0.1, -0.05) is 37.3 Å². The smallest absolute Gasteiger partial charge is 0.317 e. The first-order valence-electron chi connectivity index (χ1n) is 13.1. The van der Waals surface area contributed by atoms with Gasteiger partial charge in [-0.25, -0.2) is 4.79 Å². The van der Waals surface area contributed by atoms with Crippen LogP contribution in [-0.4, -0.2) is 77.7 Å². The third-order valence-corrected chi connectivity index (χ3v) is 6.62. The van der Waals surface area contributed by atoms with Crippen molar-refractivity contribution in [3.8, 4) is 5.75 Å². The van der Waals surface area contributed by atoms with Gasteiger partial charge in [0.1, 0.15) is 11.9 Å². The van der Waals surface area contributed by atoms with Gasteiger partial charge in [-0.2, -0.15) is 0 Å². The summed E-state index contributed by atoms with van der Waals surface area (Å²) in [4.78, 5) is 41.8. The molecule has 9 nitrogen and oxygen atoms in total. The Hall–Kier alpha value is -3.59. The molecule has 4 amide bonds. The number of benzene rings is 2. The number of rotatable bonds is 8. The Labute approximate surface area is 225 Å². The highest BCUT2D eigenvalue weighted by molar-refractivity contribution is 5.92. The molecule has 3 rings (SSSR count). The maximum Gasteiger partial charge on any atom is 0.317 e. The molecule has 0 radical (unpaired) electrons. The number of carbonyl (C=O) groups is 3. The largest absolute Gasteiger partial charge is 0.488 e. The molecule has 0 spiro atoms. The number of carbonyl (C=O) groups excluding carboxylic acids is 3. The summed E-state index contributed by atoms with van der Waals surface area (Å²) in [7, 11) is 1.71. The molecule has 3 atom stereocenters. The van der Waals surface area contributed by atoms with Gasteiger partial charge < -0.3 is 30.3 Å². The molecular weight excluding hydrogens is 484 g/mol. The second-order valence-electron chi connectivity index (χ2n) is 10.4. The maximum absolute atomic E-state index is 13.4. The van der Waals surface area contributed by atoms with E-state index in [9.17, 15) is 19.5 Å². The molecule has 0 unspecified atom stereocenters. The van der Waals surface area contributed by atoms with E-state index in [0.29, 0.717) is 30.1 Å². The summed E-state index contributed by atoms with van der Waals surface area (Å²) < 4.78 is 6.44. The van der Waals surface area contributed by atoms with E-state index in [0.717, 1.165) is 5.56 Å². The average Bonchev–Trinajstić information content (AvgIpc) is 2.91. The van der Waals surface area contributed by atoms with Crippen LogP contribution in [0.5, 0.6) is 5.75 Å². The van der Waals surface area contributed by atoms with Crippen LogP contribution in [0.25, 0.3) is 0 Å². The zero-order valence-corrected chi connectivity index (χ0v) is 22.9. The van der Waals surface area contributed by atoms with E-state index < -0.39 is 6.10 Å². The molecule has 1 aliphatic heterocycles. The zero-order chi connectivity index (χ0) is 27.8. The number of hydrogen-bond donors (Lipinski definition) is 3. The number of aliphatic hydroxyl groups excluding tert-OH is 1. The van der Waals surface area contributed by atoms with Crippen LogP contribution < -0.4 is 15.4 Å². The normalized spacial score (nSPS) is 18.4. The minimum absolute atomic E-state index is 0.00131. The second-order valence-corrected chi connectivity index (χ2v) is 10.4. The molecular formula is C29H40N4O5. The monoisotopic (exact) mass is 524 g/mol. The van der Waals surface area contributed by atoms with Crippen molar-refractivity contribution in [2.75, 3.05) is 32.1 Å². The van der Waals surface area contributed by atoms with Crippen LogP contribution in [0.2, 0.25) is 0 Å². The number of likely N-dealkylation sites (N-methyl/N-ethyl adjacent to an activating group) is 1. The fourth-order valence-corrected chi connectivity index (χ4v) is 4.42. The number of fused-ring (bicyclic) bond motifs is 1. The minimum Gasteiger partial charge on any atom is -0.488 e. The van der Waals surface area contributed by atoms with Crippen molar-refractivity contribution in [2.24, 2.45) is 5.92 Å². The second kappa shape index (κ2) is 13.3. The molecule has 1 aliphatic rings. The molecule has 206 valence electrons. The summed E-state index contributed by atoms with van der Waals surface area (Å²) in [5, 5.41) is 15.6. The molecule has 1 heterocycles. The van der Waals surface area contributed by atoms with Crippen molar-refractivity contribution in [1.29, 1.82) is 0 Å². The van der Waals surface area contributed by atoms with Crippen LogP contribution in [0, 0.1) is 5.92 Å². The van der Waals surface area contributed by atoms with Crippen LogP contribution >= 0.6 is 0 Å². The number of nitrogens with zero attached hydrogens (tertiary/aromatic N) is 2. The number of anilines is 1. The van der Waals surface area contributed by atoms with Gasteiger partial charge in [-0.3, -0.25) is 9.59 Å². The summed E-state index contributed by atoms with van der Waals surface area (Å²) >= 11 is 0. The molecule has 2 aromatic rings. The summed E-state index contributed by atoms with van der Waals surface area (Å²) in [6.45, 7) is 8.11. The minimum atomic E-state index is -0.408. The topological polar surface area (TPSA) is 111 Å². The SMILES string of the molecule is CC(C)NC(=O)N(C)C[C@H]1Oc2ccc(NC(=O)Cc3ccccc3)cc2CC(=O)N([C@@H](C)CO)C[C@@H]1C. The van der Waals surface area contributed by atoms with E-state index in [4.69, 9.17) is 4.74 Å². The van der Waals surface area contributed by atoms with Crippen LogP contribution in [-0.2, 0) is 22.4 Å². The van der Waals surface area contributed by atoms with Crippen LogP contribution in [0.4, 0.5) is 10.5 Å². The molecule has 0 bridgehead atoms. The fourth-order valence-electron chi connectivity index (χ4n) is 4.42. The van der Waals surface area contributed by atoms with Gasteiger partial charge in [0.05, 0.1) is 32.0 Å². The van der Waals surface area contributed by atoms with Crippen molar-refractivity contribution >= 4 is 23.5 Å². The molecule has 0 fully saturated rings. The van der Waals surface area contributed by atoms with E-state index >= 15 is 0 Å². The molecule has 0 saturated heterocycles. The van der Waals surface area contributed by atoms with Crippen molar-refractivity contribution in [2.45, 2.75) is 58.7 Å². The van der Waals surface area contributed by atoms with E-state index in [2.05, 4.69) is 10.6 Å². The summed E-state index contributed by atoms with van der Waals surface area (Å²) in [5.41, 5.74) is 2.11. The first-order valence-corrected chi connectivity index (χ1v) is 13.1. The Morgan fingerprint density at radius 2 is 1.87 bits per heavy atom. The van der Waals surface area contributed by atoms with E-state index in [1.807, 2.05) is 58.0 Å². The number of hydrogen-bond acceptors (Lipinski definition) is 5. The summed E-state index contributed by atoms with van der Waals surface area (Å²) in [5.74, 6) is 0.111. The van der Waals surface area contributed by atoms with Gasteiger partial charge in [-0.05, 0) is 44.5 Å². The molecule has 3 N–H and O–H groups in total. The lowest BCUT2D eigenvalue weighted by molar-refractivity contribution is -0.134. The van der Waals surface area contributed by atoms with Crippen molar-refractivity contribution < 1.29 is 24.2 Å². The lowest BCUT2D eigenvalue weighted by Crippen LogP contribution is -2.49. The zero-order valence-electron chi connectivity index (χ0n) is 22.9. The molecule has 9 heteroatoms. The first-order chi connectivity index (χ1) is 18.1. The van der Waals surface area contributed by atoms with Crippen molar-refractivity contribution in [3.05, 3.63) is 59.7 Å². The van der Waals surface area contributed by atoms with E-state index in [1.54, 1.807) is 35.0 Å². The molecule has 38 heavy (non-hydrogen) atoms. The Bertz CT molecular complexity index is 1110. The van der Waals surface area contributed by atoms with E-state index in [1.165, 1.54) is 0 Å². The quantitative estimate of drug-likeness (QED) is 0.492. The fraction of sp³-hybridized carbons (Fsp3) is 0.483. The lowest BCUT2D eigenvalue weighted by Gasteiger charge is -2.34. The number of aliphatic hydroxyl groups is 1. The third-order valence-electron chi connectivity index (χ3n) is 6.62. The number of ether oxygens (including phenoxy) is 1. The number of urea groups is 1. The Morgan fingerprint density at radius 1 is 1.16 bits per heavy atom. The summed E-state index contributed by atoms with van der Waals surface area (Å²) in [6, 6.07) is 14.2. The van der Waals surface area contributed by atoms with Crippen LogP contribution in [0.1, 0.15) is 38.8 Å². The standard InChI is InChI=1S/C29H40N4O5/c1-19(2)30-29(37)32(5)17-26-20(3)16-33(21(4)18-34)28(36)15-23-14-24(11-12-25(23)38-26)31-27(35)13-22-9-7-6-8-10-22/h6-12,14,19-21,26,34H,13,15-18H2,1-5H3,(H,30,37)(H,31,35)/t20-,21-,26+/m0/s1. The maximum atomic E-state index is 13.4. The molecule has 0 aromatic heterocycles. The van der Waals surface area contributed by atoms with Crippen LogP contribution in [0.3, 0.4) is 0 Å². The van der Waals surface area contributed by atoms with Gasteiger partial charge in [0, 0.05) is 36.8 Å².